The molecule has 1 aromatic rings. The summed E-state index contributed by atoms with van der Waals surface area (Å²) in [6, 6.07) is 4.46. The molecule has 1 atom stereocenters. The Kier molecular flexibility index (Phi) is 6.22. The number of aromatic carboxylic acids is 2. The molecule has 1 unspecified atom stereocenters. The van der Waals surface area contributed by atoms with Gasteiger partial charge in [-0.25, -0.2) is 0 Å². The van der Waals surface area contributed by atoms with Crippen molar-refractivity contribution in [2.24, 2.45) is 5.92 Å². The van der Waals surface area contributed by atoms with Crippen molar-refractivity contribution in [2.75, 3.05) is 0 Å². The van der Waals surface area contributed by atoms with Crippen LogP contribution in [0.5, 0.6) is 0 Å². The third-order valence-corrected chi connectivity index (χ3v) is 3.63. The Morgan fingerprint density at radius 2 is 1.85 bits per heavy atom. The first kappa shape index (κ1) is 16.2. The number of unbranched alkanes of at least 4 members (excludes halogenated alkanes) is 1. The zero-order valence-electron chi connectivity index (χ0n) is 12.0. The summed E-state index contributed by atoms with van der Waals surface area (Å²) in [6.45, 7) is 4.16. The van der Waals surface area contributed by atoms with Crippen molar-refractivity contribution >= 4 is 11.9 Å². The molecule has 0 spiro atoms. The monoisotopic (exact) mass is 276 g/mol. The number of carboxylic acid groups (broad SMARTS) is 2. The van der Waals surface area contributed by atoms with Crippen LogP contribution in [0.1, 0.15) is 65.8 Å². The molecule has 0 aliphatic rings. The lowest BCUT2D eigenvalue weighted by Gasteiger charge is -2.20. The summed E-state index contributed by atoms with van der Waals surface area (Å²) >= 11 is 0. The molecule has 0 bridgehead atoms. The highest BCUT2D eigenvalue weighted by atomic mass is 16.4. The summed E-state index contributed by atoms with van der Waals surface area (Å²) in [5.74, 6) is -2.58. The Bertz CT molecular complexity index is 479. The first-order valence-electron chi connectivity index (χ1n) is 7.05. The number of hydrogen-bond donors (Lipinski definition) is 0. The number of rotatable bonds is 8. The molecule has 4 nitrogen and oxygen atoms in total. The molecule has 0 heterocycles. The second kappa shape index (κ2) is 7.68. The van der Waals surface area contributed by atoms with Gasteiger partial charge in [-0.15, -0.1) is 0 Å². The third kappa shape index (κ3) is 4.08. The van der Waals surface area contributed by atoms with Gasteiger partial charge in [-0.05, 0) is 17.9 Å². The summed E-state index contributed by atoms with van der Waals surface area (Å²) in [5, 5.41) is 22.2. The van der Waals surface area contributed by atoms with Crippen LogP contribution in [-0.2, 0) is 6.42 Å². The van der Waals surface area contributed by atoms with Gasteiger partial charge in [0, 0.05) is 11.1 Å². The number of hydrogen-bond acceptors (Lipinski definition) is 4. The van der Waals surface area contributed by atoms with Gasteiger partial charge in [-0.2, -0.15) is 0 Å². The second-order valence-electron chi connectivity index (χ2n) is 5.04. The van der Waals surface area contributed by atoms with Crippen LogP contribution < -0.4 is 10.2 Å². The van der Waals surface area contributed by atoms with Gasteiger partial charge in [-0.3, -0.25) is 0 Å². The highest BCUT2D eigenvalue weighted by molar-refractivity contribution is 6.01. The quantitative estimate of drug-likeness (QED) is 0.714. The van der Waals surface area contributed by atoms with Crippen LogP contribution in [0, 0.1) is 5.92 Å². The van der Waals surface area contributed by atoms with Gasteiger partial charge in [0.15, 0.2) is 0 Å². The average Bonchev–Trinajstić information content (AvgIpc) is 2.42. The molecule has 0 saturated heterocycles. The van der Waals surface area contributed by atoms with Crippen LogP contribution in [0.3, 0.4) is 0 Å². The van der Waals surface area contributed by atoms with Crippen LogP contribution in [-0.4, -0.2) is 11.9 Å². The van der Waals surface area contributed by atoms with Crippen molar-refractivity contribution in [3.63, 3.8) is 0 Å². The molecule has 0 aliphatic carbocycles. The molecule has 4 heteroatoms. The van der Waals surface area contributed by atoms with Crippen LogP contribution in [0.4, 0.5) is 0 Å². The van der Waals surface area contributed by atoms with E-state index in [9.17, 15) is 19.8 Å². The van der Waals surface area contributed by atoms with Gasteiger partial charge in [-0.1, -0.05) is 57.7 Å². The van der Waals surface area contributed by atoms with Gasteiger partial charge in [0.2, 0.25) is 0 Å². The lowest BCUT2D eigenvalue weighted by atomic mass is 9.88. The number of benzene rings is 1. The zero-order valence-corrected chi connectivity index (χ0v) is 12.0. The molecule has 1 rings (SSSR count). The molecule has 20 heavy (non-hydrogen) atoms. The second-order valence-corrected chi connectivity index (χ2v) is 5.04. The molecule has 0 radical (unpaired) electrons. The van der Waals surface area contributed by atoms with Crippen molar-refractivity contribution in [3.05, 3.63) is 34.9 Å². The fourth-order valence-electron chi connectivity index (χ4n) is 2.44. The van der Waals surface area contributed by atoms with E-state index < -0.39 is 11.9 Å². The van der Waals surface area contributed by atoms with E-state index >= 15 is 0 Å². The Hall–Kier alpha value is -1.84. The van der Waals surface area contributed by atoms with Gasteiger partial charge < -0.3 is 19.8 Å². The largest absolute Gasteiger partial charge is 0.545 e. The molecule has 0 N–H and O–H groups in total. The van der Waals surface area contributed by atoms with E-state index in [1.165, 1.54) is 6.07 Å². The smallest absolute Gasteiger partial charge is 0.0724 e. The van der Waals surface area contributed by atoms with Crippen LogP contribution in [0.2, 0.25) is 0 Å². The van der Waals surface area contributed by atoms with Crippen molar-refractivity contribution in [1.29, 1.82) is 0 Å². The van der Waals surface area contributed by atoms with Crippen LogP contribution in [0.15, 0.2) is 18.2 Å². The Morgan fingerprint density at radius 3 is 2.35 bits per heavy atom. The highest BCUT2D eigenvalue weighted by Gasteiger charge is 2.14. The Morgan fingerprint density at radius 1 is 1.15 bits per heavy atom. The molecule has 0 aliphatic heterocycles. The van der Waals surface area contributed by atoms with E-state index in [0.29, 0.717) is 17.9 Å². The predicted molar refractivity (Wildman–Crippen MR) is 72.1 cm³/mol. The third-order valence-electron chi connectivity index (χ3n) is 3.63. The molecular formula is C16H20O4-2. The summed E-state index contributed by atoms with van der Waals surface area (Å²) in [7, 11) is 0. The molecule has 110 valence electrons. The van der Waals surface area contributed by atoms with E-state index in [-0.39, 0.29) is 11.1 Å². The van der Waals surface area contributed by atoms with E-state index in [0.717, 1.165) is 25.7 Å². The summed E-state index contributed by atoms with van der Waals surface area (Å²) in [5.41, 5.74) is -0.00931. The predicted octanol–water partition coefficient (Wildman–Crippen LogP) is 1.17. The van der Waals surface area contributed by atoms with Crippen LogP contribution in [0.25, 0.3) is 0 Å². The molecule has 0 fully saturated rings. The Labute approximate surface area is 119 Å². The molecule has 0 amide bonds. The first-order valence-corrected chi connectivity index (χ1v) is 7.05. The van der Waals surface area contributed by atoms with Gasteiger partial charge in [0.05, 0.1) is 11.9 Å². The van der Waals surface area contributed by atoms with Gasteiger partial charge in [0.1, 0.15) is 0 Å². The number of carbonyl (C=O) groups is 2. The SMILES string of the molecule is CCCCC(CC)Cc1cccc(C(=O)[O-])c1C(=O)[O-]. The molecule has 0 aromatic heterocycles. The zero-order chi connectivity index (χ0) is 15.1. The summed E-state index contributed by atoms with van der Waals surface area (Å²) in [4.78, 5) is 22.2. The summed E-state index contributed by atoms with van der Waals surface area (Å²) in [6.07, 6.45) is 4.67. The van der Waals surface area contributed by atoms with Gasteiger partial charge >= 0.3 is 0 Å². The number of carboxylic acids is 2. The Balaban J connectivity index is 3.07. The van der Waals surface area contributed by atoms with E-state index in [2.05, 4.69) is 13.8 Å². The minimum atomic E-state index is -1.48. The standard InChI is InChI=1S/C16H22O4/c1-3-5-7-11(4-2)10-12-8-6-9-13(15(17)18)14(12)16(19)20/h6,8-9,11H,3-5,7,10H2,1-2H3,(H,17,18)(H,19,20)/p-2. The normalized spacial score (nSPS) is 12.1. The summed E-state index contributed by atoms with van der Waals surface area (Å²) < 4.78 is 0. The topological polar surface area (TPSA) is 80.3 Å². The molecule has 1 aromatic carbocycles. The minimum Gasteiger partial charge on any atom is -0.545 e. The highest BCUT2D eigenvalue weighted by Crippen LogP contribution is 2.22. The average molecular weight is 276 g/mol. The fraction of sp³-hybridized carbons (Fsp3) is 0.500. The van der Waals surface area contributed by atoms with Crippen molar-refractivity contribution in [3.8, 4) is 0 Å². The lowest BCUT2D eigenvalue weighted by Crippen LogP contribution is -2.31. The van der Waals surface area contributed by atoms with E-state index in [4.69, 9.17) is 0 Å². The van der Waals surface area contributed by atoms with Crippen LogP contribution >= 0.6 is 0 Å². The lowest BCUT2D eigenvalue weighted by molar-refractivity contribution is -0.259. The number of carbonyl (C=O) groups excluding carboxylic acids is 2. The first-order chi connectivity index (χ1) is 9.51. The molecular weight excluding hydrogens is 256 g/mol. The molecule has 0 saturated carbocycles. The fourth-order valence-corrected chi connectivity index (χ4v) is 2.44. The van der Waals surface area contributed by atoms with E-state index in [1.54, 1.807) is 12.1 Å². The van der Waals surface area contributed by atoms with Crippen molar-refractivity contribution in [2.45, 2.75) is 46.0 Å². The van der Waals surface area contributed by atoms with Crippen molar-refractivity contribution < 1.29 is 19.8 Å². The van der Waals surface area contributed by atoms with Crippen molar-refractivity contribution in [1.82, 2.24) is 0 Å². The van der Waals surface area contributed by atoms with Gasteiger partial charge in [0.25, 0.3) is 0 Å². The van der Waals surface area contributed by atoms with E-state index in [1.807, 2.05) is 0 Å². The maximum absolute atomic E-state index is 11.2. The maximum atomic E-state index is 11.2. The maximum Gasteiger partial charge on any atom is 0.0724 e. The minimum absolute atomic E-state index is 0.234.